The lowest BCUT2D eigenvalue weighted by molar-refractivity contribution is 0.236. The number of pyridine rings is 1. The fourth-order valence-corrected chi connectivity index (χ4v) is 2.92. The van der Waals surface area contributed by atoms with E-state index in [0.717, 1.165) is 17.9 Å². The quantitative estimate of drug-likeness (QED) is 0.888. The highest BCUT2D eigenvalue weighted by Gasteiger charge is 2.26. The number of nitrogens with zero attached hydrogens (tertiary/aromatic N) is 1. The molecule has 1 aliphatic rings. The van der Waals surface area contributed by atoms with Crippen molar-refractivity contribution in [2.45, 2.75) is 31.7 Å². The summed E-state index contributed by atoms with van der Waals surface area (Å²) in [7, 11) is 2.09. The Hall–Kier alpha value is -1.41. The van der Waals surface area contributed by atoms with Gasteiger partial charge in [0, 0.05) is 17.6 Å². The lowest BCUT2D eigenvalue weighted by Gasteiger charge is -2.33. The standard InChI is InChI=1S/C16H20N2/c1-17-16(12-5-4-6-12)11-13-9-10-18-15-8-3-2-7-14(13)15/h2-3,7-10,12,16-17H,4-6,11H2,1H3. The second kappa shape index (κ2) is 5.07. The van der Waals surface area contributed by atoms with Crippen molar-refractivity contribution in [3.63, 3.8) is 0 Å². The Balaban J connectivity index is 1.89. The van der Waals surface area contributed by atoms with Crippen molar-refractivity contribution in [2.24, 2.45) is 5.92 Å². The van der Waals surface area contributed by atoms with Gasteiger partial charge in [0.05, 0.1) is 5.52 Å². The third-order valence-electron chi connectivity index (χ3n) is 4.27. The summed E-state index contributed by atoms with van der Waals surface area (Å²) in [5.41, 5.74) is 2.53. The first-order valence-corrected chi connectivity index (χ1v) is 6.88. The van der Waals surface area contributed by atoms with Crippen LogP contribution in [-0.4, -0.2) is 18.1 Å². The first-order valence-electron chi connectivity index (χ1n) is 6.88. The highest BCUT2D eigenvalue weighted by Crippen LogP contribution is 2.31. The number of aromatic nitrogens is 1. The number of likely N-dealkylation sites (N-methyl/N-ethyl adjacent to an activating group) is 1. The van der Waals surface area contributed by atoms with Gasteiger partial charge in [-0.25, -0.2) is 0 Å². The molecule has 1 fully saturated rings. The third kappa shape index (κ3) is 2.13. The summed E-state index contributed by atoms with van der Waals surface area (Å²) in [5, 5.41) is 4.80. The summed E-state index contributed by atoms with van der Waals surface area (Å²) in [6, 6.07) is 11.2. The summed E-state index contributed by atoms with van der Waals surface area (Å²) in [5.74, 6) is 0.863. The van der Waals surface area contributed by atoms with E-state index in [-0.39, 0.29) is 0 Å². The largest absolute Gasteiger partial charge is 0.316 e. The highest BCUT2D eigenvalue weighted by molar-refractivity contribution is 5.81. The van der Waals surface area contributed by atoms with E-state index in [4.69, 9.17) is 0 Å². The molecule has 1 aromatic carbocycles. The fourth-order valence-electron chi connectivity index (χ4n) is 2.92. The number of fused-ring (bicyclic) bond motifs is 1. The van der Waals surface area contributed by atoms with Gasteiger partial charge in [0.15, 0.2) is 0 Å². The van der Waals surface area contributed by atoms with Gasteiger partial charge in [0.2, 0.25) is 0 Å². The number of hydrogen-bond donors (Lipinski definition) is 1. The molecule has 1 saturated carbocycles. The van der Waals surface area contributed by atoms with Crippen molar-refractivity contribution in [2.75, 3.05) is 7.05 Å². The topological polar surface area (TPSA) is 24.9 Å². The molecule has 2 heteroatoms. The van der Waals surface area contributed by atoms with Crippen molar-refractivity contribution in [1.82, 2.24) is 10.3 Å². The van der Waals surface area contributed by atoms with Crippen LogP contribution in [0.15, 0.2) is 36.5 Å². The summed E-state index contributed by atoms with van der Waals surface area (Å²) < 4.78 is 0. The van der Waals surface area contributed by atoms with E-state index in [1.165, 1.54) is 30.2 Å². The molecule has 2 aromatic rings. The van der Waals surface area contributed by atoms with Crippen LogP contribution in [0.25, 0.3) is 10.9 Å². The molecule has 0 aliphatic heterocycles. The van der Waals surface area contributed by atoms with Crippen LogP contribution in [0.2, 0.25) is 0 Å². The molecule has 0 spiro atoms. The monoisotopic (exact) mass is 240 g/mol. The highest BCUT2D eigenvalue weighted by atomic mass is 14.9. The zero-order valence-electron chi connectivity index (χ0n) is 10.9. The molecule has 1 aliphatic carbocycles. The molecular formula is C16H20N2. The second-order valence-corrected chi connectivity index (χ2v) is 5.28. The maximum absolute atomic E-state index is 4.43. The van der Waals surface area contributed by atoms with E-state index in [2.05, 4.69) is 47.7 Å². The predicted molar refractivity (Wildman–Crippen MR) is 75.6 cm³/mol. The molecule has 94 valence electrons. The van der Waals surface area contributed by atoms with Crippen LogP contribution in [0.4, 0.5) is 0 Å². The Labute approximate surface area is 108 Å². The van der Waals surface area contributed by atoms with Gasteiger partial charge in [-0.3, -0.25) is 4.98 Å². The Morgan fingerprint density at radius 3 is 2.83 bits per heavy atom. The Kier molecular flexibility index (Phi) is 3.28. The average molecular weight is 240 g/mol. The van der Waals surface area contributed by atoms with Crippen LogP contribution in [0.1, 0.15) is 24.8 Å². The summed E-state index contributed by atoms with van der Waals surface area (Å²) in [6.45, 7) is 0. The first-order chi connectivity index (χ1) is 8.88. The van der Waals surface area contributed by atoms with Gasteiger partial charge < -0.3 is 5.32 Å². The molecule has 3 rings (SSSR count). The van der Waals surface area contributed by atoms with E-state index in [1.54, 1.807) is 0 Å². The number of hydrogen-bond acceptors (Lipinski definition) is 2. The van der Waals surface area contributed by atoms with Crippen molar-refractivity contribution < 1.29 is 0 Å². The summed E-state index contributed by atoms with van der Waals surface area (Å²) in [6.07, 6.45) is 7.22. The fraction of sp³-hybridized carbons (Fsp3) is 0.438. The molecular weight excluding hydrogens is 220 g/mol. The van der Waals surface area contributed by atoms with Gasteiger partial charge in [-0.05, 0) is 49.9 Å². The zero-order valence-corrected chi connectivity index (χ0v) is 10.9. The molecule has 1 heterocycles. The van der Waals surface area contributed by atoms with Crippen molar-refractivity contribution >= 4 is 10.9 Å². The van der Waals surface area contributed by atoms with Crippen LogP contribution < -0.4 is 5.32 Å². The number of nitrogens with one attached hydrogen (secondary N) is 1. The van der Waals surface area contributed by atoms with Crippen LogP contribution in [0.5, 0.6) is 0 Å². The molecule has 2 nitrogen and oxygen atoms in total. The molecule has 0 radical (unpaired) electrons. The van der Waals surface area contributed by atoms with Crippen LogP contribution in [0, 0.1) is 5.92 Å². The normalized spacial score (nSPS) is 17.6. The third-order valence-corrected chi connectivity index (χ3v) is 4.27. The van der Waals surface area contributed by atoms with Gasteiger partial charge in [0.1, 0.15) is 0 Å². The van der Waals surface area contributed by atoms with Crippen LogP contribution in [-0.2, 0) is 6.42 Å². The minimum absolute atomic E-state index is 0.615. The average Bonchev–Trinajstić information content (AvgIpc) is 2.36. The second-order valence-electron chi connectivity index (χ2n) is 5.28. The molecule has 1 atom stereocenters. The lowest BCUT2D eigenvalue weighted by atomic mass is 9.77. The SMILES string of the molecule is CNC(Cc1ccnc2ccccc12)C1CCC1. The first kappa shape index (κ1) is 11.7. The predicted octanol–water partition coefficient (Wildman–Crippen LogP) is 3.17. The van der Waals surface area contributed by atoms with Crippen LogP contribution >= 0.6 is 0 Å². The smallest absolute Gasteiger partial charge is 0.0704 e. The minimum atomic E-state index is 0.615. The van der Waals surface area contributed by atoms with E-state index in [0.29, 0.717) is 6.04 Å². The Morgan fingerprint density at radius 2 is 2.11 bits per heavy atom. The van der Waals surface area contributed by atoms with E-state index in [1.807, 2.05) is 6.20 Å². The number of para-hydroxylation sites is 1. The van der Waals surface area contributed by atoms with Gasteiger partial charge in [0.25, 0.3) is 0 Å². The maximum atomic E-state index is 4.43. The van der Waals surface area contributed by atoms with Crippen LogP contribution in [0.3, 0.4) is 0 Å². The summed E-state index contributed by atoms with van der Waals surface area (Å²) >= 11 is 0. The van der Waals surface area contributed by atoms with Crippen molar-refractivity contribution in [3.05, 3.63) is 42.1 Å². The van der Waals surface area contributed by atoms with Crippen molar-refractivity contribution in [1.29, 1.82) is 0 Å². The molecule has 0 bridgehead atoms. The molecule has 18 heavy (non-hydrogen) atoms. The molecule has 1 N–H and O–H groups in total. The lowest BCUT2D eigenvalue weighted by Crippen LogP contribution is -2.39. The van der Waals surface area contributed by atoms with E-state index in [9.17, 15) is 0 Å². The summed E-state index contributed by atoms with van der Waals surface area (Å²) in [4.78, 5) is 4.43. The number of benzene rings is 1. The number of rotatable bonds is 4. The Morgan fingerprint density at radius 1 is 1.28 bits per heavy atom. The van der Waals surface area contributed by atoms with Gasteiger partial charge in [-0.2, -0.15) is 0 Å². The van der Waals surface area contributed by atoms with Gasteiger partial charge in [-0.15, -0.1) is 0 Å². The van der Waals surface area contributed by atoms with E-state index < -0.39 is 0 Å². The van der Waals surface area contributed by atoms with Crippen molar-refractivity contribution in [3.8, 4) is 0 Å². The van der Waals surface area contributed by atoms with E-state index >= 15 is 0 Å². The molecule has 1 unspecified atom stereocenters. The molecule has 0 amide bonds. The zero-order chi connectivity index (χ0) is 12.4. The van der Waals surface area contributed by atoms with Gasteiger partial charge in [-0.1, -0.05) is 24.6 Å². The Bertz CT molecular complexity index is 526. The van der Waals surface area contributed by atoms with Gasteiger partial charge >= 0.3 is 0 Å². The maximum Gasteiger partial charge on any atom is 0.0704 e. The minimum Gasteiger partial charge on any atom is -0.316 e. The molecule has 0 saturated heterocycles. The molecule has 1 aromatic heterocycles.